The van der Waals surface area contributed by atoms with Crippen molar-refractivity contribution in [3.8, 4) is 0 Å². The molecule has 2 heterocycles. The van der Waals surface area contributed by atoms with Crippen LogP contribution in [0.25, 0.3) is 0 Å². The predicted octanol–water partition coefficient (Wildman–Crippen LogP) is 2.25. The maximum atomic E-state index is 13.2. The highest BCUT2D eigenvalue weighted by Gasteiger charge is 2.35. The fourth-order valence-corrected chi connectivity index (χ4v) is 4.05. The van der Waals surface area contributed by atoms with Gasteiger partial charge in [0.25, 0.3) is 5.91 Å². The van der Waals surface area contributed by atoms with Crippen LogP contribution >= 0.6 is 0 Å². The minimum atomic E-state index is -0.781. The second-order valence-corrected chi connectivity index (χ2v) is 7.54. The average molecular weight is 340 g/mol. The minimum Gasteiger partial charge on any atom is -0.390 e. The van der Waals surface area contributed by atoms with Crippen molar-refractivity contribution in [3.63, 3.8) is 0 Å². The average Bonchev–Trinajstić information content (AvgIpc) is 2.90. The number of nitrogens with two attached hydrogens (primary N) is 1. The molecule has 0 saturated carbocycles. The van der Waals surface area contributed by atoms with Crippen molar-refractivity contribution in [3.05, 3.63) is 40.6 Å². The molecule has 0 spiro atoms. The van der Waals surface area contributed by atoms with Crippen molar-refractivity contribution in [1.82, 2.24) is 9.78 Å². The first-order chi connectivity index (χ1) is 11.9. The van der Waals surface area contributed by atoms with Gasteiger partial charge in [0.1, 0.15) is 5.82 Å². The third-order valence-corrected chi connectivity index (χ3v) is 5.49. The number of benzene rings is 1. The van der Waals surface area contributed by atoms with E-state index in [-0.39, 0.29) is 11.8 Å². The molecule has 2 unspecified atom stereocenters. The maximum Gasteiger partial charge on any atom is 0.256 e. The van der Waals surface area contributed by atoms with Crippen molar-refractivity contribution in [1.29, 1.82) is 0 Å². The lowest BCUT2D eigenvalue weighted by Crippen LogP contribution is -2.32. The molecule has 0 amide bonds. The van der Waals surface area contributed by atoms with E-state index < -0.39 is 5.60 Å². The Morgan fingerprint density at radius 1 is 1.48 bits per heavy atom. The van der Waals surface area contributed by atoms with Crippen molar-refractivity contribution in [2.75, 3.05) is 17.6 Å². The number of nitrogens with zero attached hydrogens (tertiary/aromatic N) is 2. The van der Waals surface area contributed by atoms with Gasteiger partial charge in [-0.05, 0) is 44.2 Å². The van der Waals surface area contributed by atoms with Crippen molar-refractivity contribution in [2.45, 2.75) is 51.0 Å². The number of nitrogen functional groups attached to an aromatic ring is 1. The van der Waals surface area contributed by atoms with E-state index in [1.165, 1.54) is 4.68 Å². The Balaban J connectivity index is 1.72. The monoisotopic (exact) mass is 340 g/mol. The van der Waals surface area contributed by atoms with E-state index in [4.69, 9.17) is 5.73 Å². The molecule has 4 N–H and O–H groups in total. The van der Waals surface area contributed by atoms with Crippen LogP contribution in [0.2, 0.25) is 0 Å². The Morgan fingerprint density at radius 2 is 2.28 bits per heavy atom. The lowest BCUT2D eigenvalue weighted by molar-refractivity contribution is 0.0457. The van der Waals surface area contributed by atoms with E-state index in [1.807, 2.05) is 25.1 Å². The predicted molar refractivity (Wildman–Crippen MR) is 96.9 cm³/mol. The SMILES string of the molecule is Cc1cccc2c1NCCC2C(=O)n1nc2c(c1N)CC(C)(O)CC2. The molecule has 1 aliphatic heterocycles. The molecule has 1 aliphatic carbocycles. The molecule has 0 radical (unpaired) electrons. The maximum absolute atomic E-state index is 13.2. The van der Waals surface area contributed by atoms with Crippen LogP contribution in [-0.4, -0.2) is 32.9 Å². The molecule has 2 aliphatic rings. The third kappa shape index (κ3) is 2.61. The first-order valence-corrected chi connectivity index (χ1v) is 8.83. The van der Waals surface area contributed by atoms with Gasteiger partial charge in [-0.3, -0.25) is 4.79 Å². The molecule has 6 nitrogen and oxygen atoms in total. The van der Waals surface area contributed by atoms with Gasteiger partial charge in [-0.25, -0.2) is 0 Å². The molecule has 25 heavy (non-hydrogen) atoms. The largest absolute Gasteiger partial charge is 0.390 e. The van der Waals surface area contributed by atoms with Crippen LogP contribution in [-0.2, 0) is 12.8 Å². The quantitative estimate of drug-likeness (QED) is 0.740. The molecule has 2 aromatic rings. The van der Waals surface area contributed by atoms with Crippen LogP contribution in [0.4, 0.5) is 11.5 Å². The zero-order valence-electron chi connectivity index (χ0n) is 14.7. The molecule has 0 bridgehead atoms. The van der Waals surface area contributed by atoms with Crippen molar-refractivity contribution < 1.29 is 9.90 Å². The number of rotatable bonds is 1. The van der Waals surface area contributed by atoms with Crippen LogP contribution < -0.4 is 11.1 Å². The summed E-state index contributed by atoms with van der Waals surface area (Å²) in [6.45, 7) is 4.60. The van der Waals surface area contributed by atoms with Crippen LogP contribution in [0.1, 0.15) is 52.9 Å². The molecule has 1 aromatic carbocycles. The number of aliphatic hydroxyl groups is 1. The number of carbonyl (C=O) groups excluding carboxylic acids is 1. The summed E-state index contributed by atoms with van der Waals surface area (Å²) in [5.74, 6) is 0.0490. The number of aryl methyl sites for hydroxylation is 2. The number of fused-ring (bicyclic) bond motifs is 2. The lowest BCUT2D eigenvalue weighted by atomic mass is 9.85. The second-order valence-electron chi connectivity index (χ2n) is 7.54. The van der Waals surface area contributed by atoms with Gasteiger partial charge >= 0.3 is 0 Å². The Kier molecular flexibility index (Phi) is 3.61. The van der Waals surface area contributed by atoms with E-state index >= 15 is 0 Å². The molecule has 0 saturated heterocycles. The Labute approximate surface area is 147 Å². The molecule has 0 fully saturated rings. The standard InChI is InChI=1S/C19H24N4O2/c1-11-4-3-5-12-13(7-9-21-16(11)12)18(24)23-17(20)14-10-19(2,25)8-6-15(14)22-23/h3-5,13,21,25H,6-10,20H2,1-2H3. The van der Waals surface area contributed by atoms with E-state index in [9.17, 15) is 9.90 Å². The topological polar surface area (TPSA) is 93.2 Å². The summed E-state index contributed by atoms with van der Waals surface area (Å²) >= 11 is 0. The highest BCUT2D eigenvalue weighted by atomic mass is 16.3. The van der Waals surface area contributed by atoms with Gasteiger partial charge in [0, 0.05) is 24.2 Å². The number of carbonyl (C=O) groups is 1. The summed E-state index contributed by atoms with van der Waals surface area (Å²) in [6, 6.07) is 6.03. The number of para-hydroxylation sites is 1. The number of hydrogen-bond donors (Lipinski definition) is 3. The van der Waals surface area contributed by atoms with Gasteiger partial charge in [-0.15, -0.1) is 0 Å². The minimum absolute atomic E-state index is 0.0834. The summed E-state index contributed by atoms with van der Waals surface area (Å²) in [7, 11) is 0. The molecular formula is C19H24N4O2. The number of aromatic nitrogens is 2. The highest BCUT2D eigenvalue weighted by molar-refractivity contribution is 5.90. The molecule has 132 valence electrons. The van der Waals surface area contributed by atoms with Gasteiger partial charge < -0.3 is 16.2 Å². The van der Waals surface area contributed by atoms with Gasteiger partial charge in [0.2, 0.25) is 0 Å². The molecule has 6 heteroatoms. The summed E-state index contributed by atoms with van der Waals surface area (Å²) < 4.78 is 1.37. The number of anilines is 2. The van der Waals surface area contributed by atoms with Gasteiger partial charge in [0.05, 0.1) is 17.2 Å². The van der Waals surface area contributed by atoms with E-state index in [0.717, 1.165) is 41.0 Å². The Bertz CT molecular complexity index is 853. The first kappa shape index (κ1) is 16.1. The summed E-state index contributed by atoms with van der Waals surface area (Å²) in [4.78, 5) is 13.2. The molecule has 1 aromatic heterocycles. The zero-order chi connectivity index (χ0) is 17.8. The smallest absolute Gasteiger partial charge is 0.256 e. The van der Waals surface area contributed by atoms with Gasteiger partial charge in [-0.2, -0.15) is 9.78 Å². The van der Waals surface area contributed by atoms with Gasteiger partial charge in [0.15, 0.2) is 0 Å². The van der Waals surface area contributed by atoms with Crippen LogP contribution in [0.5, 0.6) is 0 Å². The highest BCUT2D eigenvalue weighted by Crippen LogP contribution is 2.37. The first-order valence-electron chi connectivity index (χ1n) is 8.83. The molecular weight excluding hydrogens is 316 g/mol. The van der Waals surface area contributed by atoms with Crippen molar-refractivity contribution >= 4 is 17.4 Å². The second kappa shape index (κ2) is 5.59. The summed E-state index contributed by atoms with van der Waals surface area (Å²) in [5.41, 5.74) is 10.3. The lowest BCUT2D eigenvalue weighted by Gasteiger charge is -2.27. The fraction of sp³-hybridized carbons (Fsp3) is 0.474. The van der Waals surface area contributed by atoms with Crippen LogP contribution in [0.15, 0.2) is 18.2 Å². The molecule has 2 atom stereocenters. The van der Waals surface area contributed by atoms with E-state index in [1.54, 1.807) is 6.92 Å². The number of nitrogens with one attached hydrogen (secondary N) is 1. The normalized spacial score (nSPS) is 25.0. The van der Waals surface area contributed by atoms with Crippen molar-refractivity contribution in [2.24, 2.45) is 0 Å². The Morgan fingerprint density at radius 3 is 3.08 bits per heavy atom. The zero-order valence-corrected chi connectivity index (χ0v) is 14.7. The Hall–Kier alpha value is -2.34. The van der Waals surface area contributed by atoms with E-state index in [0.29, 0.717) is 25.1 Å². The van der Waals surface area contributed by atoms with E-state index in [2.05, 4.69) is 10.4 Å². The molecule has 4 rings (SSSR count). The fourth-order valence-electron chi connectivity index (χ4n) is 4.05. The van der Waals surface area contributed by atoms with Gasteiger partial charge in [-0.1, -0.05) is 18.2 Å². The van der Waals surface area contributed by atoms with Crippen LogP contribution in [0, 0.1) is 6.92 Å². The third-order valence-electron chi connectivity index (χ3n) is 5.49. The number of hydrogen-bond acceptors (Lipinski definition) is 5. The summed E-state index contributed by atoms with van der Waals surface area (Å²) in [5, 5.41) is 18.2. The summed E-state index contributed by atoms with van der Waals surface area (Å²) in [6.07, 6.45) is 2.45. The van der Waals surface area contributed by atoms with Crippen LogP contribution in [0.3, 0.4) is 0 Å².